The minimum atomic E-state index is -0.378. The Morgan fingerprint density at radius 3 is 2.69 bits per heavy atom. The molecule has 2 aromatic rings. The smallest absolute Gasteiger partial charge is 0.293 e. The zero-order chi connectivity index (χ0) is 21.0. The Morgan fingerprint density at radius 1 is 1.24 bits per heavy atom. The highest BCUT2D eigenvalue weighted by atomic mass is 35.5. The highest BCUT2D eigenvalue weighted by molar-refractivity contribution is 8.18. The lowest BCUT2D eigenvalue weighted by molar-refractivity contribution is -0.123. The summed E-state index contributed by atoms with van der Waals surface area (Å²) in [6.45, 7) is 6.02. The van der Waals surface area contributed by atoms with Gasteiger partial charge in [0, 0.05) is 10.6 Å². The molecule has 0 unspecified atom stereocenters. The number of amides is 2. The van der Waals surface area contributed by atoms with Crippen molar-refractivity contribution in [2.24, 2.45) is 0 Å². The first-order valence-electron chi connectivity index (χ1n) is 9.03. The quantitative estimate of drug-likeness (QED) is 0.471. The number of nitrogens with zero attached hydrogens (tertiary/aromatic N) is 1. The van der Waals surface area contributed by atoms with Gasteiger partial charge in [0.25, 0.3) is 11.1 Å². The van der Waals surface area contributed by atoms with Crippen molar-refractivity contribution in [1.82, 2.24) is 4.90 Å². The number of allylic oxidation sites excluding steroid dienone is 1. The number of phenols is 1. The van der Waals surface area contributed by atoms with Crippen LogP contribution in [0.15, 0.2) is 54.0 Å². The maximum Gasteiger partial charge on any atom is 0.293 e. The number of benzene rings is 2. The molecule has 1 aliphatic rings. The first kappa shape index (κ1) is 21.0. The van der Waals surface area contributed by atoms with E-state index in [-0.39, 0.29) is 23.4 Å². The van der Waals surface area contributed by atoms with Crippen LogP contribution in [0.3, 0.4) is 0 Å². The predicted molar refractivity (Wildman–Crippen MR) is 116 cm³/mol. The van der Waals surface area contributed by atoms with E-state index in [1.54, 1.807) is 42.5 Å². The second-order valence-corrected chi connectivity index (χ2v) is 7.71. The first-order valence-corrected chi connectivity index (χ1v) is 10.2. The number of aromatic hydroxyl groups is 1. The maximum absolute atomic E-state index is 12.8. The normalized spacial score (nSPS) is 15.2. The molecule has 5 nitrogen and oxygen atoms in total. The van der Waals surface area contributed by atoms with Crippen molar-refractivity contribution in [2.75, 3.05) is 6.61 Å². The molecule has 0 atom stereocenters. The van der Waals surface area contributed by atoms with Crippen LogP contribution in [0.25, 0.3) is 6.08 Å². The van der Waals surface area contributed by atoms with Crippen LogP contribution in [-0.4, -0.2) is 27.8 Å². The molecular weight excluding hydrogens is 410 g/mol. The van der Waals surface area contributed by atoms with Crippen LogP contribution in [-0.2, 0) is 17.8 Å². The van der Waals surface area contributed by atoms with Crippen LogP contribution < -0.4 is 4.74 Å². The van der Waals surface area contributed by atoms with Gasteiger partial charge in [-0.25, -0.2) is 0 Å². The van der Waals surface area contributed by atoms with Crippen LogP contribution in [0.1, 0.15) is 23.6 Å². The van der Waals surface area contributed by atoms with E-state index in [0.717, 1.165) is 11.8 Å². The van der Waals surface area contributed by atoms with Gasteiger partial charge in [-0.2, -0.15) is 0 Å². The molecule has 0 saturated carbocycles. The lowest BCUT2D eigenvalue weighted by atomic mass is 10.1. The number of hydrogen-bond acceptors (Lipinski definition) is 5. The number of carbonyl (C=O) groups excluding carboxylic acids is 2. The van der Waals surface area contributed by atoms with E-state index in [0.29, 0.717) is 45.4 Å². The highest BCUT2D eigenvalue weighted by Crippen LogP contribution is 2.37. The third-order valence-electron chi connectivity index (χ3n) is 4.30. The lowest BCUT2D eigenvalue weighted by Gasteiger charge is -2.13. The summed E-state index contributed by atoms with van der Waals surface area (Å²) < 4.78 is 5.49. The van der Waals surface area contributed by atoms with Crippen molar-refractivity contribution in [1.29, 1.82) is 0 Å². The van der Waals surface area contributed by atoms with Crippen molar-refractivity contribution < 1.29 is 19.4 Å². The summed E-state index contributed by atoms with van der Waals surface area (Å²) in [5.74, 6) is 0.000320. The zero-order valence-electron chi connectivity index (χ0n) is 15.9. The molecule has 3 rings (SSSR count). The molecule has 0 aromatic heterocycles. The van der Waals surface area contributed by atoms with Crippen LogP contribution in [0.5, 0.6) is 11.5 Å². The summed E-state index contributed by atoms with van der Waals surface area (Å²) >= 11 is 7.03. The predicted octanol–water partition coefficient (Wildman–Crippen LogP) is 5.41. The monoisotopic (exact) mass is 429 g/mol. The Balaban J connectivity index is 1.91. The van der Waals surface area contributed by atoms with E-state index in [1.807, 2.05) is 13.0 Å². The van der Waals surface area contributed by atoms with E-state index < -0.39 is 0 Å². The molecule has 2 aromatic carbocycles. The Morgan fingerprint density at radius 2 is 2.00 bits per heavy atom. The largest absolute Gasteiger partial charge is 0.504 e. The minimum absolute atomic E-state index is 0.0516. The van der Waals surface area contributed by atoms with Gasteiger partial charge in [-0.3, -0.25) is 14.5 Å². The van der Waals surface area contributed by atoms with Crippen molar-refractivity contribution in [3.63, 3.8) is 0 Å². The van der Waals surface area contributed by atoms with Crippen molar-refractivity contribution in [3.05, 3.63) is 75.7 Å². The molecule has 0 aliphatic carbocycles. The van der Waals surface area contributed by atoms with Gasteiger partial charge < -0.3 is 9.84 Å². The SMILES string of the molecule is C=CCc1cc(/C=C2\SC(=O)N(Cc3ccccc3Cl)C2=O)cc(OCC)c1O. The van der Waals surface area contributed by atoms with Gasteiger partial charge in [0.05, 0.1) is 18.1 Å². The Labute approximate surface area is 178 Å². The molecule has 29 heavy (non-hydrogen) atoms. The van der Waals surface area contributed by atoms with Crippen LogP contribution in [0.4, 0.5) is 4.79 Å². The fourth-order valence-electron chi connectivity index (χ4n) is 2.93. The van der Waals surface area contributed by atoms with Crippen molar-refractivity contribution in [2.45, 2.75) is 19.9 Å². The van der Waals surface area contributed by atoms with Crippen molar-refractivity contribution in [3.8, 4) is 11.5 Å². The standard InChI is InChI=1S/C22H20ClNO4S/c1-3-7-15-10-14(11-18(20(15)25)28-4-2)12-19-21(26)24(22(27)29-19)13-16-8-5-6-9-17(16)23/h3,5-6,8-12,25H,1,4,7,13H2,2H3/b19-12-. The average molecular weight is 430 g/mol. The zero-order valence-corrected chi connectivity index (χ0v) is 17.4. The highest BCUT2D eigenvalue weighted by Gasteiger charge is 2.35. The van der Waals surface area contributed by atoms with Gasteiger partial charge in [0.15, 0.2) is 11.5 Å². The van der Waals surface area contributed by atoms with Gasteiger partial charge in [0.1, 0.15) is 0 Å². The van der Waals surface area contributed by atoms with Gasteiger partial charge >= 0.3 is 0 Å². The molecule has 0 bridgehead atoms. The van der Waals surface area contributed by atoms with E-state index in [1.165, 1.54) is 4.90 Å². The number of rotatable bonds is 7. The van der Waals surface area contributed by atoms with Gasteiger partial charge in [-0.05, 0) is 60.5 Å². The second kappa shape index (κ2) is 9.20. The van der Waals surface area contributed by atoms with Crippen molar-refractivity contribution >= 4 is 40.6 Å². The second-order valence-electron chi connectivity index (χ2n) is 6.31. The number of thioether (sulfide) groups is 1. The number of carbonyl (C=O) groups is 2. The third kappa shape index (κ3) is 4.66. The van der Waals surface area contributed by atoms with Gasteiger partial charge in [0.2, 0.25) is 0 Å². The summed E-state index contributed by atoms with van der Waals surface area (Å²) in [7, 11) is 0. The Hall–Kier alpha value is -2.70. The molecule has 1 heterocycles. The summed E-state index contributed by atoms with van der Waals surface area (Å²) in [6, 6.07) is 10.5. The molecule has 150 valence electrons. The number of halogens is 1. The fourth-order valence-corrected chi connectivity index (χ4v) is 3.97. The fraction of sp³-hybridized carbons (Fsp3) is 0.182. The summed E-state index contributed by atoms with van der Waals surface area (Å²) in [5.41, 5.74) is 1.99. The topological polar surface area (TPSA) is 66.8 Å². The molecular formula is C22H20ClNO4S. The summed E-state index contributed by atoms with van der Waals surface area (Å²) in [5, 5.41) is 10.5. The number of hydrogen-bond donors (Lipinski definition) is 1. The van der Waals surface area contributed by atoms with E-state index in [4.69, 9.17) is 16.3 Å². The van der Waals surface area contributed by atoms with Gasteiger partial charge in [-0.15, -0.1) is 6.58 Å². The van der Waals surface area contributed by atoms with E-state index in [2.05, 4.69) is 6.58 Å². The molecule has 1 saturated heterocycles. The maximum atomic E-state index is 12.8. The number of phenolic OH excluding ortho intramolecular Hbond substituents is 1. The Bertz CT molecular complexity index is 1000. The Kier molecular flexibility index (Phi) is 6.67. The minimum Gasteiger partial charge on any atom is -0.504 e. The summed E-state index contributed by atoms with van der Waals surface area (Å²) in [4.78, 5) is 26.7. The van der Waals surface area contributed by atoms with E-state index in [9.17, 15) is 14.7 Å². The molecule has 1 fully saturated rings. The molecule has 1 aliphatic heterocycles. The van der Waals surface area contributed by atoms with Gasteiger partial charge in [-0.1, -0.05) is 35.9 Å². The lowest BCUT2D eigenvalue weighted by Crippen LogP contribution is -2.27. The summed E-state index contributed by atoms with van der Waals surface area (Å²) in [6.07, 6.45) is 3.75. The number of imide groups is 1. The molecule has 1 N–H and O–H groups in total. The van der Waals surface area contributed by atoms with E-state index >= 15 is 0 Å². The van der Waals surface area contributed by atoms with Crippen LogP contribution in [0, 0.1) is 0 Å². The van der Waals surface area contributed by atoms with Crippen LogP contribution >= 0.6 is 23.4 Å². The van der Waals surface area contributed by atoms with Crippen LogP contribution in [0.2, 0.25) is 5.02 Å². The number of ether oxygens (including phenoxy) is 1. The molecule has 0 radical (unpaired) electrons. The first-order chi connectivity index (χ1) is 13.9. The third-order valence-corrected chi connectivity index (χ3v) is 5.57. The molecule has 0 spiro atoms. The molecule has 2 amide bonds. The average Bonchev–Trinajstić information content (AvgIpc) is 2.95. The molecule has 7 heteroatoms.